The zero-order valence-corrected chi connectivity index (χ0v) is 9.27. The maximum absolute atomic E-state index is 4.50. The maximum atomic E-state index is 4.50. The Morgan fingerprint density at radius 2 is 2.33 bits per heavy atom. The van der Waals surface area contributed by atoms with Gasteiger partial charge in [-0.25, -0.2) is 0 Å². The highest BCUT2D eigenvalue weighted by Gasteiger charge is 2.00. The van der Waals surface area contributed by atoms with Gasteiger partial charge >= 0.3 is 0 Å². The molecule has 2 heteroatoms. The lowest BCUT2D eigenvalue weighted by atomic mass is 10.2. The molecule has 1 rings (SSSR count). The Hall–Kier alpha value is -1.70. The molecule has 0 amide bonds. The molecule has 0 atom stereocenters. The summed E-state index contributed by atoms with van der Waals surface area (Å²) in [5, 5.41) is 0. The first-order chi connectivity index (χ1) is 7.31. The quantitative estimate of drug-likeness (QED) is 0.685. The van der Waals surface area contributed by atoms with Gasteiger partial charge in [0.1, 0.15) is 0 Å². The average Bonchev–Trinajstić information content (AvgIpc) is 2.30. The molecule has 0 radical (unpaired) electrons. The van der Waals surface area contributed by atoms with Crippen LogP contribution in [0.25, 0.3) is 5.70 Å². The first-order valence-corrected chi connectivity index (χ1v) is 5.09. The summed E-state index contributed by atoms with van der Waals surface area (Å²) in [6, 6.07) is 6.00. The minimum Gasteiger partial charge on any atom is -0.255 e. The minimum absolute atomic E-state index is 0.880. The van der Waals surface area contributed by atoms with E-state index in [1.807, 2.05) is 31.2 Å². The van der Waals surface area contributed by atoms with Crippen molar-refractivity contribution in [1.29, 1.82) is 0 Å². The molecule has 0 aliphatic rings. The summed E-state index contributed by atoms with van der Waals surface area (Å²) in [5.41, 5.74) is 2.88. The third-order valence-corrected chi connectivity index (χ3v) is 2.02. The molecule has 15 heavy (non-hydrogen) atoms. The summed E-state index contributed by atoms with van der Waals surface area (Å²) >= 11 is 0. The molecule has 0 aliphatic carbocycles. The number of nitrogens with zero attached hydrogens (tertiary/aromatic N) is 2. The Morgan fingerprint density at radius 1 is 1.53 bits per heavy atom. The van der Waals surface area contributed by atoms with Crippen LogP contribution in [0.3, 0.4) is 0 Å². The lowest BCUT2D eigenvalue weighted by molar-refractivity contribution is 1.02. The highest BCUT2D eigenvalue weighted by molar-refractivity contribution is 5.78. The van der Waals surface area contributed by atoms with E-state index < -0.39 is 0 Å². The minimum atomic E-state index is 0.880. The maximum Gasteiger partial charge on any atom is 0.0886 e. The molecule has 0 fully saturated rings. The van der Waals surface area contributed by atoms with Crippen molar-refractivity contribution < 1.29 is 0 Å². The molecule has 1 aromatic rings. The number of rotatable bonds is 4. The third-order valence-electron chi connectivity index (χ3n) is 2.02. The van der Waals surface area contributed by atoms with E-state index in [9.17, 15) is 0 Å². The van der Waals surface area contributed by atoms with Crippen molar-refractivity contribution in [1.82, 2.24) is 4.98 Å². The van der Waals surface area contributed by atoms with Crippen LogP contribution in [0.5, 0.6) is 0 Å². The number of aliphatic imine (C=N–C) groups is 1. The van der Waals surface area contributed by atoms with Gasteiger partial charge in [0.15, 0.2) is 0 Å². The second kappa shape index (κ2) is 5.91. The summed E-state index contributed by atoms with van der Waals surface area (Å²) in [4.78, 5) is 8.76. The molecule has 2 nitrogen and oxygen atoms in total. The van der Waals surface area contributed by atoms with Crippen LogP contribution in [0.2, 0.25) is 0 Å². The molecule has 1 heterocycles. The number of aromatic nitrogens is 1. The summed E-state index contributed by atoms with van der Waals surface area (Å²) in [7, 11) is 0. The second-order valence-corrected chi connectivity index (χ2v) is 3.06. The summed E-state index contributed by atoms with van der Waals surface area (Å²) in [6.07, 6.45) is 6.22. The number of pyridine rings is 1. The van der Waals surface area contributed by atoms with E-state index in [4.69, 9.17) is 0 Å². The van der Waals surface area contributed by atoms with Crippen molar-refractivity contribution in [2.75, 3.05) is 0 Å². The van der Waals surface area contributed by atoms with Gasteiger partial charge in [-0.3, -0.25) is 9.98 Å². The Labute approximate surface area is 91.1 Å². The predicted molar refractivity (Wildman–Crippen MR) is 66.0 cm³/mol. The van der Waals surface area contributed by atoms with Crippen LogP contribution >= 0.6 is 0 Å². The van der Waals surface area contributed by atoms with E-state index >= 15 is 0 Å². The van der Waals surface area contributed by atoms with Gasteiger partial charge in [0.25, 0.3) is 0 Å². The van der Waals surface area contributed by atoms with E-state index in [1.165, 1.54) is 0 Å². The largest absolute Gasteiger partial charge is 0.255 e. The third kappa shape index (κ3) is 3.17. The van der Waals surface area contributed by atoms with Crippen molar-refractivity contribution in [2.45, 2.75) is 20.3 Å². The fourth-order valence-electron chi connectivity index (χ4n) is 1.24. The molecular weight excluding hydrogens is 184 g/mol. The van der Waals surface area contributed by atoms with Crippen LogP contribution in [0.1, 0.15) is 25.2 Å². The first-order valence-electron chi connectivity index (χ1n) is 5.09. The molecule has 0 aliphatic heterocycles. The molecule has 0 saturated heterocycles. The topological polar surface area (TPSA) is 25.2 Å². The van der Waals surface area contributed by atoms with Gasteiger partial charge in [-0.05, 0) is 25.5 Å². The fourth-order valence-corrected chi connectivity index (χ4v) is 1.24. The lowest BCUT2D eigenvalue weighted by Gasteiger charge is -2.02. The standard InChI is InChI=1S/C13H16N2/c1-4-10-14-12(6-3)13-9-7-8-11(5-2)15-13/h4,6-10H,1,5H2,2-3H3. The molecule has 0 N–H and O–H groups in total. The molecule has 78 valence electrons. The van der Waals surface area contributed by atoms with Crippen LogP contribution in [0.15, 0.2) is 41.9 Å². The molecule has 0 spiro atoms. The Bertz CT molecular complexity index is 389. The van der Waals surface area contributed by atoms with Gasteiger partial charge in [0.2, 0.25) is 0 Å². The highest BCUT2D eigenvalue weighted by atomic mass is 14.8. The molecule has 0 aromatic carbocycles. The van der Waals surface area contributed by atoms with Gasteiger partial charge in [-0.15, -0.1) is 0 Å². The summed E-state index contributed by atoms with van der Waals surface area (Å²) < 4.78 is 0. The zero-order chi connectivity index (χ0) is 11.1. The Morgan fingerprint density at radius 3 is 2.93 bits per heavy atom. The van der Waals surface area contributed by atoms with E-state index in [0.717, 1.165) is 23.5 Å². The lowest BCUT2D eigenvalue weighted by Crippen LogP contribution is -1.92. The zero-order valence-electron chi connectivity index (χ0n) is 9.27. The molecule has 0 bridgehead atoms. The fraction of sp³-hybridized carbons (Fsp3) is 0.231. The number of allylic oxidation sites excluding steroid dienone is 2. The van der Waals surface area contributed by atoms with E-state index in [1.54, 1.807) is 12.3 Å². The Balaban J connectivity index is 3.02. The van der Waals surface area contributed by atoms with E-state index in [2.05, 4.69) is 23.5 Å². The van der Waals surface area contributed by atoms with Crippen LogP contribution in [-0.4, -0.2) is 11.2 Å². The summed E-state index contributed by atoms with van der Waals surface area (Å²) in [5.74, 6) is 0. The second-order valence-electron chi connectivity index (χ2n) is 3.06. The van der Waals surface area contributed by atoms with E-state index in [0.29, 0.717) is 0 Å². The molecule has 0 unspecified atom stereocenters. The SMILES string of the molecule is C=CC=NC(=CC)c1cccc(CC)n1. The summed E-state index contributed by atoms with van der Waals surface area (Å²) in [6.45, 7) is 7.64. The van der Waals surface area contributed by atoms with Gasteiger partial charge in [0.05, 0.1) is 11.4 Å². The van der Waals surface area contributed by atoms with Crippen LogP contribution in [-0.2, 0) is 6.42 Å². The number of hydrogen-bond donors (Lipinski definition) is 0. The van der Waals surface area contributed by atoms with Crippen molar-refractivity contribution in [3.8, 4) is 0 Å². The first kappa shape index (κ1) is 11.4. The molecule has 1 aromatic heterocycles. The highest BCUT2D eigenvalue weighted by Crippen LogP contribution is 2.13. The van der Waals surface area contributed by atoms with Crippen molar-refractivity contribution >= 4 is 11.9 Å². The van der Waals surface area contributed by atoms with Gasteiger partial charge in [-0.1, -0.05) is 31.7 Å². The van der Waals surface area contributed by atoms with Gasteiger partial charge in [-0.2, -0.15) is 0 Å². The van der Waals surface area contributed by atoms with Crippen LogP contribution in [0, 0.1) is 0 Å². The monoisotopic (exact) mass is 200 g/mol. The van der Waals surface area contributed by atoms with Crippen molar-refractivity contribution in [3.05, 3.63) is 48.3 Å². The van der Waals surface area contributed by atoms with Gasteiger partial charge < -0.3 is 0 Å². The normalized spacial score (nSPS) is 12.0. The molecular formula is C13H16N2. The average molecular weight is 200 g/mol. The Kier molecular flexibility index (Phi) is 4.48. The molecule has 0 saturated carbocycles. The van der Waals surface area contributed by atoms with Gasteiger partial charge in [0, 0.05) is 11.9 Å². The number of aryl methyl sites for hydroxylation is 1. The number of hydrogen-bond acceptors (Lipinski definition) is 2. The van der Waals surface area contributed by atoms with Crippen molar-refractivity contribution in [2.24, 2.45) is 4.99 Å². The van der Waals surface area contributed by atoms with Crippen molar-refractivity contribution in [3.63, 3.8) is 0 Å². The van der Waals surface area contributed by atoms with E-state index in [-0.39, 0.29) is 0 Å². The van der Waals surface area contributed by atoms with Crippen LogP contribution < -0.4 is 0 Å². The smallest absolute Gasteiger partial charge is 0.0886 e. The van der Waals surface area contributed by atoms with Crippen LogP contribution in [0.4, 0.5) is 0 Å². The predicted octanol–water partition coefficient (Wildman–Crippen LogP) is 3.26.